The predicted molar refractivity (Wildman–Crippen MR) is 92.5 cm³/mol. The average Bonchev–Trinajstić information content (AvgIpc) is 2.44. The van der Waals surface area contributed by atoms with Crippen LogP contribution in [0.1, 0.15) is 73.1 Å². The molecule has 0 amide bonds. The van der Waals surface area contributed by atoms with E-state index in [0.717, 1.165) is 24.2 Å². The third-order valence-corrected chi connectivity index (χ3v) is 5.55. The van der Waals surface area contributed by atoms with E-state index in [2.05, 4.69) is 25.7 Å². The van der Waals surface area contributed by atoms with E-state index in [1.54, 1.807) is 0 Å². The van der Waals surface area contributed by atoms with Gasteiger partial charge in [0.15, 0.2) is 0 Å². The number of aliphatic hydroxyl groups is 1. The van der Waals surface area contributed by atoms with Gasteiger partial charge in [-0.15, -0.1) is 0 Å². The molecule has 1 N–H and O–H groups in total. The molecule has 0 aromatic heterocycles. The minimum atomic E-state index is 0.139. The molecule has 0 atom stereocenters. The Labute approximate surface area is 133 Å². The van der Waals surface area contributed by atoms with Crippen LogP contribution in [0.15, 0.2) is 0 Å². The zero-order valence-corrected chi connectivity index (χ0v) is 15.2. The first kappa shape index (κ1) is 19.0. The van der Waals surface area contributed by atoms with Crippen molar-refractivity contribution in [3.63, 3.8) is 0 Å². The van der Waals surface area contributed by atoms with E-state index in [4.69, 9.17) is 5.11 Å². The molecule has 0 radical (unpaired) electrons. The van der Waals surface area contributed by atoms with Crippen molar-refractivity contribution < 1.29 is 5.11 Å². The minimum absolute atomic E-state index is 0.139. The molecular weight excluding hydrogens is 258 g/mol. The Hall–Kier alpha value is -0.0800. The quantitative estimate of drug-likeness (QED) is 0.803. The summed E-state index contributed by atoms with van der Waals surface area (Å²) >= 11 is 0. The Bertz CT molecular complexity index is 257. The number of aliphatic hydroxyl groups excluding tert-OH is 1. The Balaban J connectivity index is 0.000000270. The molecule has 2 aliphatic rings. The minimum Gasteiger partial charge on any atom is -0.396 e. The van der Waals surface area contributed by atoms with Crippen molar-refractivity contribution in [2.75, 3.05) is 26.2 Å². The highest BCUT2D eigenvalue weighted by Gasteiger charge is 2.30. The van der Waals surface area contributed by atoms with Gasteiger partial charge in [-0.25, -0.2) is 0 Å². The highest BCUT2D eigenvalue weighted by Crippen LogP contribution is 2.29. The van der Waals surface area contributed by atoms with Crippen molar-refractivity contribution in [1.82, 2.24) is 4.90 Å². The molecular formula is C19H39NO. The Kier molecular flexibility index (Phi) is 8.26. The lowest BCUT2D eigenvalue weighted by Gasteiger charge is -2.43. The topological polar surface area (TPSA) is 23.5 Å². The van der Waals surface area contributed by atoms with E-state index in [0.29, 0.717) is 6.61 Å². The molecule has 1 aliphatic carbocycles. The zero-order chi connectivity index (χ0) is 15.9. The maximum absolute atomic E-state index is 8.59. The van der Waals surface area contributed by atoms with Gasteiger partial charge in [0.05, 0.1) is 0 Å². The van der Waals surface area contributed by atoms with Gasteiger partial charge in [0.25, 0.3) is 0 Å². The summed E-state index contributed by atoms with van der Waals surface area (Å²) in [4.78, 5) is 2.68. The fraction of sp³-hybridized carbons (Fsp3) is 1.00. The Morgan fingerprint density at radius 1 is 1.10 bits per heavy atom. The lowest BCUT2D eigenvalue weighted by molar-refractivity contribution is 0.0472. The smallest absolute Gasteiger partial charge is 0.0482 e. The molecule has 0 spiro atoms. The van der Waals surface area contributed by atoms with Gasteiger partial charge in [-0.2, -0.15) is 0 Å². The highest BCUT2D eigenvalue weighted by molar-refractivity contribution is 4.83. The highest BCUT2D eigenvalue weighted by atomic mass is 16.3. The van der Waals surface area contributed by atoms with Crippen LogP contribution >= 0.6 is 0 Å². The molecule has 126 valence electrons. The van der Waals surface area contributed by atoms with Gasteiger partial charge in [0.1, 0.15) is 0 Å². The average molecular weight is 298 g/mol. The van der Waals surface area contributed by atoms with Gasteiger partial charge in [-0.1, -0.05) is 53.9 Å². The third-order valence-electron chi connectivity index (χ3n) is 5.55. The van der Waals surface area contributed by atoms with Crippen LogP contribution in [0.5, 0.6) is 0 Å². The third kappa shape index (κ3) is 7.15. The largest absolute Gasteiger partial charge is 0.396 e. The maximum Gasteiger partial charge on any atom is 0.0482 e. The lowest BCUT2D eigenvalue weighted by atomic mass is 9.84. The summed E-state index contributed by atoms with van der Waals surface area (Å²) in [5.41, 5.74) is 0.139. The van der Waals surface area contributed by atoms with Crippen molar-refractivity contribution in [1.29, 1.82) is 0 Å². The van der Waals surface area contributed by atoms with E-state index < -0.39 is 0 Å². The molecule has 0 aromatic carbocycles. The van der Waals surface area contributed by atoms with Crippen LogP contribution in [0.2, 0.25) is 0 Å². The molecule has 2 nitrogen and oxygen atoms in total. The monoisotopic (exact) mass is 297 g/mol. The van der Waals surface area contributed by atoms with Crippen LogP contribution in [0, 0.1) is 23.2 Å². The summed E-state index contributed by atoms with van der Waals surface area (Å²) in [5.74, 6) is 2.94. The summed E-state index contributed by atoms with van der Waals surface area (Å²) < 4.78 is 0. The van der Waals surface area contributed by atoms with Gasteiger partial charge < -0.3 is 10.0 Å². The summed E-state index contributed by atoms with van der Waals surface area (Å²) in [6.07, 6.45) is 8.53. The van der Waals surface area contributed by atoms with Crippen LogP contribution in [-0.2, 0) is 0 Å². The summed E-state index contributed by atoms with van der Waals surface area (Å²) in [7, 11) is 0. The molecule has 1 aliphatic heterocycles. The van der Waals surface area contributed by atoms with E-state index in [9.17, 15) is 0 Å². The van der Waals surface area contributed by atoms with Crippen molar-refractivity contribution in [2.24, 2.45) is 23.2 Å². The van der Waals surface area contributed by atoms with E-state index >= 15 is 0 Å². The molecule has 1 saturated heterocycles. The standard InChI is InChI=1S/C13H25N.C6H14O/c1-11(2)13-9-14(10-13)8-12-6-4-3-5-7-12;1-4-6(2,3)5-7/h11-13H,3-10H2,1-2H3;7H,4-5H2,1-3H3. The molecule has 21 heavy (non-hydrogen) atoms. The summed E-state index contributed by atoms with van der Waals surface area (Å²) in [6.45, 7) is 15.4. The van der Waals surface area contributed by atoms with Crippen LogP contribution in [-0.4, -0.2) is 36.2 Å². The van der Waals surface area contributed by atoms with Crippen LogP contribution in [0.4, 0.5) is 0 Å². The molecule has 1 saturated carbocycles. The van der Waals surface area contributed by atoms with Crippen molar-refractivity contribution in [3.8, 4) is 0 Å². The van der Waals surface area contributed by atoms with Gasteiger partial charge in [0, 0.05) is 26.2 Å². The second kappa shape index (κ2) is 9.15. The van der Waals surface area contributed by atoms with Gasteiger partial charge in [-0.05, 0) is 42.4 Å². The number of hydrogen-bond acceptors (Lipinski definition) is 2. The molecule has 0 bridgehead atoms. The SMILES string of the molecule is CC(C)C1CN(CC2CCCCC2)C1.CCC(C)(C)CO. The van der Waals surface area contributed by atoms with Gasteiger partial charge in [-0.3, -0.25) is 0 Å². The normalized spacial score (nSPS) is 21.9. The number of hydrogen-bond donors (Lipinski definition) is 1. The van der Waals surface area contributed by atoms with Gasteiger partial charge in [0.2, 0.25) is 0 Å². The molecule has 0 unspecified atom stereocenters. The zero-order valence-electron chi connectivity index (χ0n) is 15.2. The van der Waals surface area contributed by atoms with Crippen molar-refractivity contribution >= 4 is 0 Å². The molecule has 2 rings (SSSR count). The fourth-order valence-electron chi connectivity index (χ4n) is 3.03. The number of rotatable bonds is 5. The first-order chi connectivity index (χ1) is 9.88. The number of nitrogens with zero attached hydrogens (tertiary/aromatic N) is 1. The second-order valence-electron chi connectivity index (χ2n) is 8.40. The molecule has 2 fully saturated rings. The van der Waals surface area contributed by atoms with Crippen molar-refractivity contribution in [2.45, 2.75) is 73.1 Å². The van der Waals surface area contributed by atoms with E-state index in [1.165, 1.54) is 51.7 Å². The number of likely N-dealkylation sites (tertiary alicyclic amines) is 1. The first-order valence-corrected chi connectivity index (χ1v) is 9.21. The van der Waals surface area contributed by atoms with E-state index in [1.807, 2.05) is 13.8 Å². The van der Waals surface area contributed by atoms with Gasteiger partial charge >= 0.3 is 0 Å². The molecule has 1 heterocycles. The summed E-state index contributed by atoms with van der Waals surface area (Å²) in [6, 6.07) is 0. The van der Waals surface area contributed by atoms with Crippen LogP contribution in [0.25, 0.3) is 0 Å². The van der Waals surface area contributed by atoms with Crippen LogP contribution in [0.3, 0.4) is 0 Å². The summed E-state index contributed by atoms with van der Waals surface area (Å²) in [5, 5.41) is 8.59. The molecule has 0 aromatic rings. The fourth-order valence-corrected chi connectivity index (χ4v) is 3.03. The first-order valence-electron chi connectivity index (χ1n) is 9.21. The second-order valence-corrected chi connectivity index (χ2v) is 8.40. The Morgan fingerprint density at radius 2 is 1.67 bits per heavy atom. The van der Waals surface area contributed by atoms with Crippen molar-refractivity contribution in [3.05, 3.63) is 0 Å². The molecule has 2 heteroatoms. The van der Waals surface area contributed by atoms with Crippen LogP contribution < -0.4 is 0 Å². The maximum atomic E-state index is 8.59. The lowest BCUT2D eigenvalue weighted by Crippen LogP contribution is -2.50. The van der Waals surface area contributed by atoms with E-state index in [-0.39, 0.29) is 5.41 Å². The predicted octanol–water partition coefficient (Wildman–Crippen LogP) is 4.57. The Morgan fingerprint density at radius 3 is 2.05 bits per heavy atom.